The van der Waals surface area contributed by atoms with Crippen molar-refractivity contribution in [1.82, 2.24) is 0 Å². The summed E-state index contributed by atoms with van der Waals surface area (Å²) in [7, 11) is 0. The van der Waals surface area contributed by atoms with Crippen LogP contribution >= 0.6 is 82.3 Å². The van der Waals surface area contributed by atoms with Crippen LogP contribution in [0.3, 0.4) is 0 Å². The third-order valence-corrected chi connectivity index (χ3v) is 8.77. The van der Waals surface area contributed by atoms with Crippen LogP contribution in [0.4, 0.5) is 0 Å². The fraction of sp³-hybridized carbons (Fsp3) is 0.833. The lowest BCUT2D eigenvalue weighted by molar-refractivity contribution is -0.274. The highest BCUT2D eigenvalue weighted by Crippen LogP contribution is 2.10. The van der Waals surface area contributed by atoms with Gasteiger partial charge in [0.1, 0.15) is 23.8 Å². The molecular weight excluding hydrogens is 601 g/mol. The minimum absolute atomic E-state index is 0.0500. The summed E-state index contributed by atoms with van der Waals surface area (Å²) in [6.07, 6.45) is 0. The summed E-state index contributed by atoms with van der Waals surface area (Å²) < 4.78 is 15.1. The van der Waals surface area contributed by atoms with Crippen molar-refractivity contribution in [3.63, 3.8) is 0 Å². The van der Waals surface area contributed by atoms with Gasteiger partial charge in [-0.2, -0.15) is 0 Å². The number of aliphatic hydroxyl groups excluding tert-OH is 2. The van der Waals surface area contributed by atoms with E-state index in [1.807, 2.05) is 0 Å². The van der Waals surface area contributed by atoms with E-state index in [0.717, 1.165) is 34.8 Å². The number of aliphatic hydroxyl groups is 2. The summed E-state index contributed by atoms with van der Waals surface area (Å²) in [5.41, 5.74) is 0. The van der Waals surface area contributed by atoms with Crippen molar-refractivity contribution in [2.45, 2.75) is 0 Å². The number of thioether (sulfide) groups is 7. The fourth-order valence-corrected chi connectivity index (χ4v) is 5.97. The Morgan fingerprint density at radius 1 is 0.486 bits per heavy atom. The molecule has 0 atom stereocenters. The van der Waals surface area contributed by atoms with Gasteiger partial charge in [0.15, 0.2) is 0 Å². The number of ether oxygens (including phenoxy) is 3. The third kappa shape index (κ3) is 29.1. The molecule has 0 aromatic heterocycles. The number of esters is 3. The summed E-state index contributed by atoms with van der Waals surface area (Å²) in [4.78, 5) is 44.6. The molecule has 35 heavy (non-hydrogen) atoms. The summed E-state index contributed by atoms with van der Waals surface area (Å²) in [5.74, 6) is 4.06. The summed E-state index contributed by atoms with van der Waals surface area (Å²) in [6.45, 7) is 0.304. The van der Waals surface area contributed by atoms with Gasteiger partial charge in [-0.05, 0) is 0 Å². The Bertz CT molecular complexity index is 534. The number of carbonyl (C=O) groups excluding carboxylic acids is 3. The summed E-state index contributed by atoms with van der Waals surface area (Å²) in [5, 5.41) is 17.3. The molecule has 0 radical (unpaired) electrons. The second kappa shape index (κ2) is 29.3. The Morgan fingerprint density at radius 2 is 0.943 bits per heavy atom. The van der Waals surface area contributed by atoms with Crippen LogP contribution in [-0.4, -0.2) is 116 Å². The molecule has 0 aliphatic carbocycles. The van der Waals surface area contributed by atoms with Gasteiger partial charge in [-0.25, -0.2) is 9.78 Å². The van der Waals surface area contributed by atoms with Gasteiger partial charge in [-0.3, -0.25) is 14.4 Å². The van der Waals surface area contributed by atoms with E-state index < -0.39 is 5.97 Å². The van der Waals surface area contributed by atoms with Gasteiger partial charge in [0.25, 0.3) is 0 Å². The zero-order valence-corrected chi connectivity index (χ0v) is 24.8. The average Bonchev–Trinajstić information content (AvgIpc) is 2.84. The van der Waals surface area contributed by atoms with Crippen molar-refractivity contribution < 1.29 is 48.6 Å². The first kappa shape index (κ1) is 35.7. The highest BCUT2D eigenvalue weighted by atomic mass is 32.2. The number of carbonyl (C=O) groups is 3. The quantitative estimate of drug-likeness (QED) is 0.0360. The smallest absolute Gasteiger partial charge is 0.316 e. The van der Waals surface area contributed by atoms with Gasteiger partial charge in [-0.1, -0.05) is 11.8 Å². The molecule has 0 aromatic carbocycles. The molecule has 0 rings (SSSR count). The topological polar surface area (TPSA) is 138 Å². The maximum Gasteiger partial charge on any atom is 0.316 e. The Balaban J connectivity index is 3.34. The maximum absolute atomic E-state index is 11.6. The van der Waals surface area contributed by atoms with Gasteiger partial charge in [0.05, 0.1) is 35.7 Å². The maximum atomic E-state index is 11.6. The van der Waals surface area contributed by atoms with Crippen LogP contribution in [0.1, 0.15) is 0 Å². The standard InChI is InChI=1S/C18H32O10S7/c19-10-30-3-5-32-12-24-16(21)7-29-2-1-27-28-15-35-14-26-18(23)9-34-8-17(22)25-13-33-6-4-31-11-20/h19-20H,1-15H2. The molecule has 0 fully saturated rings. The highest BCUT2D eigenvalue weighted by Gasteiger charge is 2.08. The van der Waals surface area contributed by atoms with Crippen LogP contribution in [0.25, 0.3) is 0 Å². The SMILES string of the molecule is O=C(CSCCOOCSCOC(=O)CSCC(=O)OCSCCSCO)OCSCCSCO. The Hall–Kier alpha value is 0.700. The van der Waals surface area contributed by atoms with E-state index >= 15 is 0 Å². The molecule has 0 saturated heterocycles. The molecule has 206 valence electrons. The Morgan fingerprint density at radius 3 is 1.46 bits per heavy atom. The molecule has 0 amide bonds. The van der Waals surface area contributed by atoms with Crippen LogP contribution in [0.15, 0.2) is 0 Å². The predicted molar refractivity (Wildman–Crippen MR) is 151 cm³/mol. The predicted octanol–water partition coefficient (Wildman–Crippen LogP) is 2.43. The van der Waals surface area contributed by atoms with E-state index in [1.165, 1.54) is 70.6 Å². The van der Waals surface area contributed by atoms with E-state index in [-0.39, 0.29) is 58.9 Å². The molecule has 0 aliphatic rings. The zero-order chi connectivity index (χ0) is 25.8. The van der Waals surface area contributed by atoms with Crippen molar-refractivity contribution in [3.8, 4) is 0 Å². The van der Waals surface area contributed by atoms with Gasteiger partial charge in [0.2, 0.25) is 0 Å². The van der Waals surface area contributed by atoms with E-state index in [9.17, 15) is 14.4 Å². The number of hydrogen-bond donors (Lipinski definition) is 2. The molecule has 0 spiro atoms. The van der Waals surface area contributed by atoms with Crippen LogP contribution in [0.5, 0.6) is 0 Å². The van der Waals surface area contributed by atoms with E-state index in [0.29, 0.717) is 18.3 Å². The normalized spacial score (nSPS) is 10.8. The fourth-order valence-electron chi connectivity index (χ4n) is 1.56. The van der Waals surface area contributed by atoms with E-state index in [4.69, 9.17) is 34.2 Å². The molecule has 0 unspecified atom stereocenters. The first-order valence-corrected chi connectivity index (χ1v) is 18.2. The average molecular weight is 633 g/mol. The number of hydrogen-bond acceptors (Lipinski definition) is 17. The second-order valence-electron chi connectivity index (χ2n) is 5.60. The van der Waals surface area contributed by atoms with Crippen LogP contribution < -0.4 is 0 Å². The van der Waals surface area contributed by atoms with Crippen molar-refractivity contribution in [2.75, 3.05) is 88.3 Å². The van der Waals surface area contributed by atoms with Gasteiger partial charge >= 0.3 is 17.9 Å². The van der Waals surface area contributed by atoms with Crippen molar-refractivity contribution in [3.05, 3.63) is 0 Å². The lowest BCUT2D eigenvalue weighted by Gasteiger charge is -2.06. The first-order valence-electron chi connectivity index (χ1n) is 10.1. The zero-order valence-electron chi connectivity index (χ0n) is 19.1. The van der Waals surface area contributed by atoms with Crippen molar-refractivity contribution in [1.29, 1.82) is 0 Å². The molecule has 0 aliphatic heterocycles. The minimum Gasteiger partial charge on any atom is -0.454 e. The molecule has 17 heteroatoms. The lowest BCUT2D eigenvalue weighted by Crippen LogP contribution is -2.12. The Kier molecular flexibility index (Phi) is 29.8. The molecule has 10 nitrogen and oxygen atoms in total. The molecule has 0 heterocycles. The largest absolute Gasteiger partial charge is 0.454 e. The second-order valence-corrected chi connectivity index (χ2v) is 12.8. The minimum atomic E-state index is -0.433. The molecule has 0 bridgehead atoms. The van der Waals surface area contributed by atoms with E-state index in [2.05, 4.69) is 0 Å². The first-order chi connectivity index (χ1) is 17.1. The lowest BCUT2D eigenvalue weighted by atomic mass is 10.8. The third-order valence-electron chi connectivity index (χ3n) is 3.02. The van der Waals surface area contributed by atoms with Gasteiger partial charge in [-0.15, -0.1) is 70.6 Å². The highest BCUT2D eigenvalue weighted by molar-refractivity contribution is 8.03. The molecular formula is C18H32O10S7. The summed E-state index contributed by atoms with van der Waals surface area (Å²) >= 11 is 9.51. The number of rotatable bonds is 26. The summed E-state index contributed by atoms with van der Waals surface area (Å²) in [6, 6.07) is 0. The van der Waals surface area contributed by atoms with Crippen molar-refractivity contribution >= 4 is 100 Å². The van der Waals surface area contributed by atoms with Gasteiger partial charge in [0, 0.05) is 28.8 Å². The van der Waals surface area contributed by atoms with Crippen LogP contribution in [0.2, 0.25) is 0 Å². The van der Waals surface area contributed by atoms with Crippen LogP contribution in [0, 0.1) is 0 Å². The monoisotopic (exact) mass is 632 g/mol. The Labute approximate surface area is 235 Å². The van der Waals surface area contributed by atoms with Crippen LogP contribution in [-0.2, 0) is 38.4 Å². The van der Waals surface area contributed by atoms with Crippen molar-refractivity contribution in [2.24, 2.45) is 0 Å². The van der Waals surface area contributed by atoms with Gasteiger partial charge < -0.3 is 24.4 Å². The van der Waals surface area contributed by atoms with E-state index in [1.54, 1.807) is 0 Å². The molecule has 0 saturated carbocycles. The molecule has 2 N–H and O–H groups in total. The molecule has 0 aromatic rings.